The minimum atomic E-state index is 0.667. The number of hydrogen-bond acceptors (Lipinski definition) is 3. The fourth-order valence-corrected chi connectivity index (χ4v) is 9.69. The van der Waals surface area contributed by atoms with Gasteiger partial charge >= 0.3 is 0 Å². The van der Waals surface area contributed by atoms with Crippen LogP contribution in [0.4, 0.5) is 0 Å². The summed E-state index contributed by atoms with van der Waals surface area (Å²) in [6, 6.07) is 65.8. The predicted molar refractivity (Wildman–Crippen MR) is 224 cm³/mol. The Labute approximate surface area is 309 Å². The van der Waals surface area contributed by atoms with Crippen molar-refractivity contribution in [1.82, 2.24) is 0 Å². The highest BCUT2D eigenvalue weighted by atomic mass is 32.1. The van der Waals surface area contributed by atoms with Gasteiger partial charge in [0.1, 0.15) is 0 Å². The molecule has 0 aliphatic heterocycles. The zero-order valence-electron chi connectivity index (χ0n) is 28.0. The lowest BCUT2D eigenvalue weighted by Crippen LogP contribution is -1.90. The van der Waals surface area contributed by atoms with E-state index >= 15 is 0 Å². The van der Waals surface area contributed by atoms with Crippen molar-refractivity contribution in [2.24, 2.45) is 0 Å². The van der Waals surface area contributed by atoms with Gasteiger partial charge in [-0.05, 0) is 134 Å². The van der Waals surface area contributed by atoms with E-state index < -0.39 is 0 Å². The summed E-state index contributed by atoms with van der Waals surface area (Å²) in [6.07, 6.45) is 0. The summed E-state index contributed by atoms with van der Waals surface area (Å²) in [5.41, 5.74) is 11.8. The van der Waals surface area contributed by atoms with Gasteiger partial charge in [-0.15, -0.1) is 22.7 Å². The topological polar surface area (TPSA) is 23.8 Å². The van der Waals surface area contributed by atoms with E-state index in [1.165, 1.54) is 62.6 Å². The van der Waals surface area contributed by atoms with Gasteiger partial charge in [0.25, 0.3) is 0 Å². The van der Waals surface area contributed by atoms with Crippen LogP contribution in [0.5, 0.6) is 0 Å². The maximum atomic E-state index is 10.1. The molecule has 0 aliphatic rings. The van der Waals surface area contributed by atoms with Crippen LogP contribution in [0.1, 0.15) is 5.56 Å². The van der Waals surface area contributed by atoms with Gasteiger partial charge in [0.2, 0.25) is 0 Å². The normalized spacial score (nSPS) is 11.4. The van der Waals surface area contributed by atoms with Crippen LogP contribution in [0.3, 0.4) is 0 Å². The molecule has 0 atom stereocenters. The second-order valence-electron chi connectivity index (χ2n) is 13.2. The van der Waals surface area contributed by atoms with Crippen molar-refractivity contribution in [3.8, 4) is 61.7 Å². The molecule has 0 bridgehead atoms. The summed E-state index contributed by atoms with van der Waals surface area (Å²) >= 11 is 3.70. The number of nitriles is 1. The molecule has 0 fully saturated rings. The summed E-state index contributed by atoms with van der Waals surface area (Å²) in [6.45, 7) is 0. The highest BCUT2D eigenvalue weighted by molar-refractivity contribution is 7.26. The minimum absolute atomic E-state index is 0.667. The third kappa shape index (κ3) is 5.29. The van der Waals surface area contributed by atoms with Crippen molar-refractivity contribution in [2.75, 3.05) is 0 Å². The fourth-order valence-electron chi connectivity index (χ4n) is 7.52. The molecule has 0 saturated carbocycles. The zero-order chi connectivity index (χ0) is 34.6. The second kappa shape index (κ2) is 12.5. The highest BCUT2D eigenvalue weighted by Crippen LogP contribution is 2.42. The van der Waals surface area contributed by atoms with E-state index in [0.29, 0.717) is 5.56 Å². The molecule has 2 heterocycles. The third-order valence-corrected chi connectivity index (χ3v) is 12.4. The van der Waals surface area contributed by atoms with Crippen molar-refractivity contribution in [1.29, 1.82) is 5.26 Å². The summed E-state index contributed by atoms with van der Waals surface area (Å²) in [4.78, 5) is 0. The van der Waals surface area contributed by atoms with Crippen molar-refractivity contribution in [3.05, 3.63) is 181 Å². The molecule has 0 N–H and O–H groups in total. The van der Waals surface area contributed by atoms with Gasteiger partial charge in [-0.1, -0.05) is 97.1 Å². The largest absolute Gasteiger partial charge is 0.192 e. The molecular weight excluding hydrogens is 667 g/mol. The minimum Gasteiger partial charge on any atom is -0.192 e. The molecule has 0 spiro atoms. The molecule has 10 rings (SSSR count). The molecule has 0 radical (unpaired) electrons. The Hall–Kier alpha value is -6.31. The monoisotopic (exact) mass is 695 g/mol. The summed E-state index contributed by atoms with van der Waals surface area (Å²) in [7, 11) is 0. The van der Waals surface area contributed by atoms with E-state index in [1.54, 1.807) is 0 Å². The Morgan fingerprint density at radius 2 is 0.731 bits per heavy atom. The van der Waals surface area contributed by atoms with Crippen LogP contribution >= 0.6 is 22.7 Å². The van der Waals surface area contributed by atoms with Crippen molar-refractivity contribution >= 4 is 63.0 Å². The van der Waals surface area contributed by atoms with Crippen LogP contribution in [0, 0.1) is 11.3 Å². The summed E-state index contributed by atoms with van der Waals surface area (Å²) in [5.74, 6) is 0. The molecule has 3 heteroatoms. The van der Waals surface area contributed by atoms with Crippen molar-refractivity contribution in [3.63, 3.8) is 0 Å². The lowest BCUT2D eigenvalue weighted by Gasteiger charge is -2.15. The van der Waals surface area contributed by atoms with E-state index in [9.17, 15) is 5.26 Å². The van der Waals surface area contributed by atoms with E-state index in [0.717, 1.165) is 33.4 Å². The number of nitrogens with zero attached hydrogens (tertiary/aromatic N) is 1. The molecule has 0 amide bonds. The average Bonchev–Trinajstić information content (AvgIpc) is 3.78. The Kier molecular flexibility index (Phi) is 7.32. The summed E-state index contributed by atoms with van der Waals surface area (Å²) < 4.78 is 5.21. The van der Waals surface area contributed by atoms with Crippen LogP contribution in [0.2, 0.25) is 0 Å². The van der Waals surface area contributed by atoms with E-state index in [4.69, 9.17) is 0 Å². The Morgan fingerprint density at radius 3 is 1.29 bits per heavy atom. The second-order valence-corrected chi connectivity index (χ2v) is 15.4. The van der Waals surface area contributed by atoms with Gasteiger partial charge < -0.3 is 0 Å². The fraction of sp³-hybridized carbons (Fsp3) is 0. The summed E-state index contributed by atoms with van der Waals surface area (Å²) in [5, 5.41) is 15.3. The van der Waals surface area contributed by atoms with E-state index in [1.807, 2.05) is 40.9 Å². The molecule has 1 nitrogen and oxygen atoms in total. The Bertz CT molecular complexity index is 2900. The Balaban J connectivity index is 1.22. The molecular formula is C49H29NS2. The van der Waals surface area contributed by atoms with Crippen molar-refractivity contribution in [2.45, 2.75) is 0 Å². The number of benzene rings is 8. The molecule has 8 aromatic carbocycles. The number of fused-ring (bicyclic) bond motifs is 6. The van der Waals surface area contributed by atoms with Gasteiger partial charge in [0.15, 0.2) is 0 Å². The SMILES string of the molecule is N#Cc1ccccc1-c1cc(-c2ccccc2)cc(-c2cc(-c3ccc4sc5ccccc5c4c3)cc(-c3ccc4sc5ccccc5c4c3)c2)c1. The first-order chi connectivity index (χ1) is 25.7. The number of hydrogen-bond donors (Lipinski definition) is 0. The maximum absolute atomic E-state index is 10.1. The molecule has 0 aliphatic carbocycles. The number of thiophene rings is 2. The van der Waals surface area contributed by atoms with Crippen LogP contribution < -0.4 is 0 Å². The van der Waals surface area contributed by atoms with Crippen LogP contribution in [0.15, 0.2) is 176 Å². The molecule has 0 saturated heterocycles. The van der Waals surface area contributed by atoms with Gasteiger partial charge in [0.05, 0.1) is 11.6 Å². The van der Waals surface area contributed by atoms with Crippen LogP contribution in [-0.2, 0) is 0 Å². The first kappa shape index (κ1) is 30.5. The van der Waals surface area contributed by atoms with Crippen LogP contribution in [0.25, 0.3) is 96.0 Å². The van der Waals surface area contributed by atoms with Gasteiger partial charge in [-0.2, -0.15) is 5.26 Å². The third-order valence-electron chi connectivity index (χ3n) is 10.1. The maximum Gasteiger partial charge on any atom is 0.0998 e. The Morgan fingerprint density at radius 1 is 0.308 bits per heavy atom. The standard InChI is InChI=1S/C49H29NS2/c50-30-34-12-4-5-13-41(34)40-26-35(31-10-2-1-3-11-31)22-39(27-40)38-24-36(32-18-20-48-44(28-32)42-14-6-8-16-46(42)51-48)23-37(25-38)33-19-21-49-45(29-33)43-15-7-9-17-47(43)52-49/h1-29H. The molecule has 10 aromatic rings. The molecule has 242 valence electrons. The number of rotatable bonds is 5. The average molecular weight is 696 g/mol. The molecule has 52 heavy (non-hydrogen) atoms. The van der Waals surface area contributed by atoms with Gasteiger partial charge in [-0.3, -0.25) is 0 Å². The van der Waals surface area contributed by atoms with Gasteiger partial charge in [-0.25, -0.2) is 0 Å². The lowest BCUT2D eigenvalue weighted by atomic mass is 9.89. The van der Waals surface area contributed by atoms with Gasteiger partial charge in [0, 0.05) is 40.3 Å². The molecule has 2 aromatic heterocycles. The van der Waals surface area contributed by atoms with Crippen molar-refractivity contribution < 1.29 is 0 Å². The molecule has 0 unspecified atom stereocenters. The highest BCUT2D eigenvalue weighted by Gasteiger charge is 2.15. The lowest BCUT2D eigenvalue weighted by molar-refractivity contribution is 1.47. The first-order valence-electron chi connectivity index (χ1n) is 17.4. The zero-order valence-corrected chi connectivity index (χ0v) is 29.6. The van der Waals surface area contributed by atoms with Crippen LogP contribution in [-0.4, -0.2) is 0 Å². The van der Waals surface area contributed by atoms with E-state index in [-0.39, 0.29) is 0 Å². The predicted octanol–water partition coefficient (Wildman–Crippen LogP) is 14.6. The smallest absolute Gasteiger partial charge is 0.0998 e. The quantitative estimate of drug-likeness (QED) is 0.176. The first-order valence-corrected chi connectivity index (χ1v) is 19.0. The van der Waals surface area contributed by atoms with E-state index in [2.05, 4.69) is 164 Å².